The molecule has 1 N–H and O–H groups in total. The van der Waals surface area contributed by atoms with Crippen molar-refractivity contribution in [3.8, 4) is 5.75 Å². The van der Waals surface area contributed by atoms with E-state index in [1.165, 1.54) is 11.4 Å². The molecular weight excluding hydrogens is 340 g/mol. The van der Waals surface area contributed by atoms with Crippen molar-refractivity contribution in [2.24, 2.45) is 0 Å². The number of fused-ring (bicyclic) bond motifs is 3. The molecule has 142 valence electrons. The van der Waals surface area contributed by atoms with Crippen LogP contribution in [-0.4, -0.2) is 58.0 Å². The van der Waals surface area contributed by atoms with Gasteiger partial charge in [-0.05, 0) is 31.0 Å². The lowest BCUT2D eigenvalue weighted by atomic mass is 9.78. The number of hydrogen-bond acceptors (Lipinski definition) is 4. The second-order valence-electron chi connectivity index (χ2n) is 7.83. The van der Waals surface area contributed by atoms with Gasteiger partial charge in [-0.25, -0.2) is 4.98 Å². The smallest absolute Gasteiger partial charge is 0.263 e. The molecule has 3 aliphatic heterocycles. The molecule has 0 radical (unpaired) electrons. The summed E-state index contributed by atoms with van der Waals surface area (Å²) < 4.78 is 5.93. The normalized spacial score (nSPS) is 23.7. The molecule has 4 heterocycles. The minimum atomic E-state index is -0.369. The number of nitrogens with one attached hydrogen (secondary N) is 1. The summed E-state index contributed by atoms with van der Waals surface area (Å²) in [4.78, 5) is 25.6. The Morgan fingerprint density at radius 3 is 2.89 bits per heavy atom. The van der Waals surface area contributed by atoms with Crippen molar-refractivity contribution >= 4 is 5.91 Å². The van der Waals surface area contributed by atoms with Gasteiger partial charge in [-0.2, -0.15) is 0 Å². The van der Waals surface area contributed by atoms with Gasteiger partial charge in [0.1, 0.15) is 5.75 Å². The lowest BCUT2D eigenvalue weighted by molar-refractivity contribution is -0.141. The van der Waals surface area contributed by atoms with E-state index in [9.17, 15) is 4.79 Å². The number of rotatable bonds is 2. The van der Waals surface area contributed by atoms with E-state index in [0.29, 0.717) is 6.42 Å². The van der Waals surface area contributed by atoms with Crippen LogP contribution in [0.4, 0.5) is 0 Å². The van der Waals surface area contributed by atoms with Gasteiger partial charge in [0.15, 0.2) is 6.10 Å². The first-order chi connectivity index (χ1) is 13.2. The van der Waals surface area contributed by atoms with Gasteiger partial charge in [-0.15, -0.1) is 0 Å². The second kappa shape index (κ2) is 6.37. The highest BCUT2D eigenvalue weighted by molar-refractivity contribution is 5.82. The van der Waals surface area contributed by atoms with E-state index in [1.807, 2.05) is 35.5 Å². The second-order valence-corrected chi connectivity index (χ2v) is 7.83. The molecule has 2 aromatic rings. The van der Waals surface area contributed by atoms with Crippen molar-refractivity contribution in [1.82, 2.24) is 19.8 Å². The number of para-hydroxylation sites is 1. The number of benzene rings is 1. The van der Waals surface area contributed by atoms with Crippen LogP contribution in [0.2, 0.25) is 0 Å². The fourth-order valence-electron chi connectivity index (χ4n) is 5.16. The molecule has 1 aromatic heterocycles. The Morgan fingerprint density at radius 1 is 1.30 bits per heavy atom. The standard InChI is InChI=1S/C21H26N4O2/c1-2-25-10-7-16-19(23-14-22-16)21(25)8-11-24(12-9-21)20(26)18-13-15-5-3-4-6-17(15)27-18/h3-6,14,18H,2,7-13H2,1H3,(H,22,23)/t18-/m0/s1. The maximum atomic E-state index is 13.1. The highest BCUT2D eigenvalue weighted by atomic mass is 16.5. The van der Waals surface area contributed by atoms with Crippen molar-refractivity contribution in [2.45, 2.75) is 44.2 Å². The van der Waals surface area contributed by atoms with Crippen molar-refractivity contribution in [3.05, 3.63) is 47.5 Å². The number of carbonyl (C=O) groups excluding carboxylic acids is 1. The van der Waals surface area contributed by atoms with Gasteiger partial charge < -0.3 is 14.6 Å². The van der Waals surface area contributed by atoms with Crippen molar-refractivity contribution in [2.75, 3.05) is 26.2 Å². The van der Waals surface area contributed by atoms with Gasteiger partial charge in [0.25, 0.3) is 5.91 Å². The summed E-state index contributed by atoms with van der Waals surface area (Å²) in [6, 6.07) is 7.96. The van der Waals surface area contributed by atoms with Gasteiger partial charge in [0, 0.05) is 38.2 Å². The van der Waals surface area contributed by atoms with Crippen LogP contribution in [0.3, 0.4) is 0 Å². The number of piperidine rings is 1. The molecule has 0 aliphatic carbocycles. The monoisotopic (exact) mass is 366 g/mol. The van der Waals surface area contributed by atoms with E-state index in [4.69, 9.17) is 4.74 Å². The fourth-order valence-corrected chi connectivity index (χ4v) is 5.16. The number of aromatic amines is 1. The summed E-state index contributed by atoms with van der Waals surface area (Å²) in [5.74, 6) is 0.983. The first kappa shape index (κ1) is 16.8. The van der Waals surface area contributed by atoms with E-state index < -0.39 is 0 Å². The first-order valence-corrected chi connectivity index (χ1v) is 10.0. The molecule has 1 saturated heterocycles. The van der Waals surface area contributed by atoms with Crippen molar-refractivity contribution in [3.63, 3.8) is 0 Å². The Labute approximate surface area is 159 Å². The van der Waals surface area contributed by atoms with Crippen LogP contribution in [0.5, 0.6) is 5.75 Å². The van der Waals surface area contributed by atoms with Gasteiger partial charge in [0.05, 0.1) is 17.6 Å². The van der Waals surface area contributed by atoms with E-state index in [-0.39, 0.29) is 17.6 Å². The zero-order valence-electron chi connectivity index (χ0n) is 15.8. The summed E-state index contributed by atoms with van der Waals surface area (Å²) in [5, 5.41) is 0. The number of H-pyrrole nitrogens is 1. The molecule has 1 spiro atoms. The van der Waals surface area contributed by atoms with Crippen LogP contribution in [0, 0.1) is 0 Å². The fraction of sp³-hybridized carbons (Fsp3) is 0.524. The molecule has 0 saturated carbocycles. The molecule has 6 nitrogen and oxygen atoms in total. The summed E-state index contributed by atoms with van der Waals surface area (Å²) >= 11 is 0. The van der Waals surface area contributed by atoms with Gasteiger partial charge in [0.2, 0.25) is 0 Å². The number of ether oxygens (including phenoxy) is 1. The van der Waals surface area contributed by atoms with E-state index in [1.54, 1.807) is 0 Å². The largest absolute Gasteiger partial charge is 0.480 e. The number of carbonyl (C=O) groups is 1. The molecule has 3 aliphatic rings. The summed E-state index contributed by atoms with van der Waals surface area (Å²) in [5.41, 5.74) is 3.58. The molecule has 6 heteroatoms. The predicted octanol–water partition coefficient (Wildman–Crippen LogP) is 2.11. The van der Waals surface area contributed by atoms with Gasteiger partial charge in [-0.1, -0.05) is 25.1 Å². The summed E-state index contributed by atoms with van der Waals surface area (Å²) in [6.45, 7) is 5.82. The lowest BCUT2D eigenvalue weighted by Crippen LogP contribution is -2.58. The van der Waals surface area contributed by atoms with E-state index >= 15 is 0 Å². The number of likely N-dealkylation sites (N-methyl/N-ethyl adjacent to an activating group) is 1. The Balaban J connectivity index is 1.31. The number of amides is 1. The van der Waals surface area contributed by atoms with Crippen LogP contribution in [0.25, 0.3) is 0 Å². The average molecular weight is 366 g/mol. The van der Waals surface area contributed by atoms with Crippen LogP contribution < -0.4 is 4.74 Å². The quantitative estimate of drug-likeness (QED) is 0.884. The topological polar surface area (TPSA) is 61.5 Å². The first-order valence-electron chi connectivity index (χ1n) is 10.0. The molecule has 0 unspecified atom stereocenters. The third-order valence-electron chi connectivity index (χ3n) is 6.60. The Hall–Kier alpha value is -2.34. The minimum Gasteiger partial charge on any atom is -0.480 e. The molecule has 1 atom stereocenters. The van der Waals surface area contributed by atoms with E-state index in [2.05, 4.69) is 21.8 Å². The van der Waals surface area contributed by atoms with Crippen LogP contribution in [-0.2, 0) is 23.2 Å². The Kier molecular flexibility index (Phi) is 3.97. The third kappa shape index (κ3) is 2.57. The van der Waals surface area contributed by atoms with Gasteiger partial charge >= 0.3 is 0 Å². The number of hydrogen-bond donors (Lipinski definition) is 1. The maximum absolute atomic E-state index is 13.1. The van der Waals surface area contributed by atoms with Crippen molar-refractivity contribution in [1.29, 1.82) is 0 Å². The molecule has 5 rings (SSSR count). The molecule has 27 heavy (non-hydrogen) atoms. The molecule has 1 amide bonds. The Bertz CT molecular complexity index is 828. The highest BCUT2D eigenvalue weighted by Gasteiger charge is 2.47. The molecule has 1 fully saturated rings. The lowest BCUT2D eigenvalue weighted by Gasteiger charge is -2.50. The average Bonchev–Trinajstić information content (AvgIpc) is 3.36. The van der Waals surface area contributed by atoms with Crippen LogP contribution in [0.1, 0.15) is 36.7 Å². The van der Waals surface area contributed by atoms with Crippen LogP contribution in [0.15, 0.2) is 30.6 Å². The minimum absolute atomic E-state index is 0.0292. The summed E-state index contributed by atoms with van der Waals surface area (Å²) in [7, 11) is 0. The molecular formula is C21H26N4O2. The maximum Gasteiger partial charge on any atom is 0.263 e. The third-order valence-corrected chi connectivity index (χ3v) is 6.60. The molecule has 0 bridgehead atoms. The highest BCUT2D eigenvalue weighted by Crippen LogP contribution is 2.42. The predicted molar refractivity (Wildman–Crippen MR) is 102 cm³/mol. The number of likely N-dealkylation sites (tertiary alicyclic amines) is 1. The zero-order valence-corrected chi connectivity index (χ0v) is 15.8. The van der Waals surface area contributed by atoms with Crippen molar-refractivity contribution < 1.29 is 9.53 Å². The van der Waals surface area contributed by atoms with Crippen LogP contribution >= 0.6 is 0 Å². The molecule has 1 aromatic carbocycles. The number of nitrogens with zero attached hydrogens (tertiary/aromatic N) is 3. The van der Waals surface area contributed by atoms with E-state index in [0.717, 1.165) is 56.8 Å². The summed E-state index contributed by atoms with van der Waals surface area (Å²) in [6.07, 6.45) is 5.04. The van der Waals surface area contributed by atoms with Gasteiger partial charge in [-0.3, -0.25) is 9.69 Å². The number of aromatic nitrogens is 2. The Morgan fingerprint density at radius 2 is 2.11 bits per heavy atom. The number of imidazole rings is 1. The zero-order chi connectivity index (χ0) is 18.4. The SMILES string of the molecule is CCN1CCc2[nH]cnc2C12CCN(C(=O)[C@@H]1Cc3ccccc3O1)CC2.